The van der Waals surface area contributed by atoms with Gasteiger partial charge in [-0.2, -0.15) is 20.0 Å². The van der Waals surface area contributed by atoms with Crippen LogP contribution in [-0.2, 0) is 6.54 Å². The monoisotopic (exact) mass is 231 g/mol. The van der Waals surface area contributed by atoms with Gasteiger partial charge in [-0.3, -0.25) is 0 Å². The zero-order valence-electron chi connectivity index (χ0n) is 9.41. The first-order valence-corrected chi connectivity index (χ1v) is 5.78. The fourth-order valence-corrected chi connectivity index (χ4v) is 1.93. The lowest BCUT2D eigenvalue weighted by Crippen LogP contribution is -2.05. The summed E-state index contributed by atoms with van der Waals surface area (Å²) in [6, 6.07) is 0. The SMILES string of the molecule is C1=C(c2nc(Cn3nccn3)no2)CCCC1. The molecule has 0 unspecified atom stereocenters. The van der Waals surface area contributed by atoms with Crippen molar-refractivity contribution in [3.05, 3.63) is 30.2 Å². The Labute approximate surface area is 98.3 Å². The molecule has 0 fully saturated rings. The summed E-state index contributed by atoms with van der Waals surface area (Å²) >= 11 is 0. The van der Waals surface area contributed by atoms with E-state index < -0.39 is 0 Å². The Morgan fingerprint density at radius 2 is 2.12 bits per heavy atom. The van der Waals surface area contributed by atoms with Crippen LogP contribution < -0.4 is 0 Å². The van der Waals surface area contributed by atoms with Crippen molar-refractivity contribution >= 4 is 5.57 Å². The number of rotatable bonds is 3. The van der Waals surface area contributed by atoms with Crippen LogP contribution >= 0.6 is 0 Å². The van der Waals surface area contributed by atoms with E-state index in [1.807, 2.05) is 0 Å². The first-order chi connectivity index (χ1) is 8.42. The molecule has 1 aliphatic rings. The number of aromatic nitrogens is 5. The van der Waals surface area contributed by atoms with E-state index in [4.69, 9.17) is 4.52 Å². The van der Waals surface area contributed by atoms with Gasteiger partial charge in [0.2, 0.25) is 0 Å². The third-order valence-corrected chi connectivity index (χ3v) is 2.78. The Morgan fingerprint density at radius 3 is 2.88 bits per heavy atom. The average Bonchev–Trinajstić information content (AvgIpc) is 3.02. The molecule has 2 aromatic heterocycles. The molecule has 0 radical (unpaired) electrons. The second-order valence-corrected chi connectivity index (χ2v) is 4.05. The Kier molecular flexibility index (Phi) is 2.69. The smallest absolute Gasteiger partial charge is 0.253 e. The van der Waals surface area contributed by atoms with Gasteiger partial charge in [-0.15, -0.1) is 0 Å². The van der Waals surface area contributed by atoms with E-state index in [1.165, 1.54) is 23.2 Å². The van der Waals surface area contributed by atoms with Crippen LogP contribution in [-0.4, -0.2) is 25.1 Å². The maximum atomic E-state index is 5.25. The second kappa shape index (κ2) is 4.48. The van der Waals surface area contributed by atoms with Crippen molar-refractivity contribution in [3.8, 4) is 0 Å². The van der Waals surface area contributed by atoms with Crippen LogP contribution in [0.3, 0.4) is 0 Å². The summed E-state index contributed by atoms with van der Waals surface area (Å²) in [5.74, 6) is 1.26. The third kappa shape index (κ3) is 2.25. The Bertz CT molecular complexity index is 514. The van der Waals surface area contributed by atoms with Gasteiger partial charge in [0.05, 0.1) is 12.4 Å². The van der Waals surface area contributed by atoms with Crippen LogP contribution in [0.5, 0.6) is 0 Å². The molecule has 3 rings (SSSR count). The summed E-state index contributed by atoms with van der Waals surface area (Å²) in [6.07, 6.45) is 10.0. The van der Waals surface area contributed by atoms with Crippen molar-refractivity contribution in [2.24, 2.45) is 0 Å². The molecule has 0 atom stereocenters. The molecule has 0 spiro atoms. The van der Waals surface area contributed by atoms with Gasteiger partial charge in [0.15, 0.2) is 5.82 Å². The van der Waals surface area contributed by atoms with Gasteiger partial charge in [0.1, 0.15) is 6.54 Å². The molecule has 1 aliphatic carbocycles. The molecule has 2 heterocycles. The first-order valence-electron chi connectivity index (χ1n) is 5.78. The maximum absolute atomic E-state index is 5.25. The van der Waals surface area contributed by atoms with E-state index in [2.05, 4.69) is 26.4 Å². The van der Waals surface area contributed by atoms with Crippen molar-refractivity contribution in [1.29, 1.82) is 0 Å². The summed E-state index contributed by atoms with van der Waals surface area (Å²) in [5, 5.41) is 11.9. The summed E-state index contributed by atoms with van der Waals surface area (Å²) in [4.78, 5) is 5.89. The van der Waals surface area contributed by atoms with Crippen LogP contribution in [0.25, 0.3) is 5.57 Å². The highest BCUT2D eigenvalue weighted by Gasteiger charge is 2.14. The largest absolute Gasteiger partial charge is 0.334 e. The van der Waals surface area contributed by atoms with Gasteiger partial charge in [0, 0.05) is 5.57 Å². The van der Waals surface area contributed by atoms with E-state index in [1.54, 1.807) is 12.4 Å². The van der Waals surface area contributed by atoms with E-state index in [9.17, 15) is 0 Å². The quantitative estimate of drug-likeness (QED) is 0.803. The van der Waals surface area contributed by atoms with E-state index in [-0.39, 0.29) is 0 Å². The van der Waals surface area contributed by atoms with Gasteiger partial charge < -0.3 is 4.52 Å². The minimum atomic E-state index is 0.448. The predicted molar refractivity (Wildman–Crippen MR) is 59.9 cm³/mol. The molecule has 0 aliphatic heterocycles. The fourth-order valence-electron chi connectivity index (χ4n) is 1.93. The zero-order chi connectivity index (χ0) is 11.5. The van der Waals surface area contributed by atoms with Gasteiger partial charge >= 0.3 is 0 Å². The minimum Gasteiger partial charge on any atom is -0.334 e. The molecule has 6 nitrogen and oxygen atoms in total. The van der Waals surface area contributed by atoms with Gasteiger partial charge in [-0.1, -0.05) is 11.2 Å². The number of hydrogen-bond donors (Lipinski definition) is 0. The molecule has 0 saturated carbocycles. The molecule has 0 N–H and O–H groups in total. The standard InChI is InChI=1S/C11H13N5O/c1-2-4-9(5-3-1)11-14-10(15-17-11)8-16-12-6-7-13-16/h4,6-7H,1-3,5,8H2. The highest BCUT2D eigenvalue weighted by molar-refractivity contribution is 5.58. The average molecular weight is 231 g/mol. The lowest BCUT2D eigenvalue weighted by molar-refractivity contribution is 0.393. The van der Waals surface area contributed by atoms with Crippen molar-refractivity contribution in [1.82, 2.24) is 25.1 Å². The second-order valence-electron chi connectivity index (χ2n) is 4.05. The van der Waals surface area contributed by atoms with Crippen LogP contribution in [0.2, 0.25) is 0 Å². The molecule has 0 aromatic carbocycles. The van der Waals surface area contributed by atoms with Crippen molar-refractivity contribution in [3.63, 3.8) is 0 Å². The van der Waals surface area contributed by atoms with Crippen molar-refractivity contribution in [2.75, 3.05) is 0 Å². The third-order valence-electron chi connectivity index (χ3n) is 2.78. The molecule has 0 saturated heterocycles. The van der Waals surface area contributed by atoms with E-state index >= 15 is 0 Å². The number of nitrogens with zero attached hydrogens (tertiary/aromatic N) is 5. The Hall–Kier alpha value is -1.98. The summed E-state index contributed by atoms with van der Waals surface area (Å²) < 4.78 is 5.25. The first kappa shape index (κ1) is 10.2. The summed E-state index contributed by atoms with van der Waals surface area (Å²) in [5.41, 5.74) is 1.17. The molecular weight excluding hydrogens is 218 g/mol. The van der Waals surface area contributed by atoms with E-state index in [0.29, 0.717) is 18.3 Å². The molecule has 88 valence electrons. The highest BCUT2D eigenvalue weighted by atomic mass is 16.5. The summed E-state index contributed by atoms with van der Waals surface area (Å²) in [6.45, 7) is 0.448. The van der Waals surface area contributed by atoms with Crippen molar-refractivity contribution < 1.29 is 4.52 Å². The highest BCUT2D eigenvalue weighted by Crippen LogP contribution is 2.25. The normalized spacial score (nSPS) is 15.9. The van der Waals surface area contributed by atoms with E-state index in [0.717, 1.165) is 12.8 Å². The van der Waals surface area contributed by atoms with Gasteiger partial charge in [0.25, 0.3) is 5.89 Å². The van der Waals surface area contributed by atoms with Crippen LogP contribution in [0.15, 0.2) is 23.0 Å². The fraction of sp³-hybridized carbons (Fsp3) is 0.455. The Balaban J connectivity index is 1.76. The van der Waals surface area contributed by atoms with Crippen LogP contribution in [0.4, 0.5) is 0 Å². The van der Waals surface area contributed by atoms with Gasteiger partial charge in [-0.25, -0.2) is 0 Å². The molecule has 0 bridgehead atoms. The van der Waals surface area contributed by atoms with Gasteiger partial charge in [-0.05, 0) is 25.7 Å². The minimum absolute atomic E-state index is 0.448. The molecule has 17 heavy (non-hydrogen) atoms. The molecule has 2 aromatic rings. The van der Waals surface area contributed by atoms with Crippen LogP contribution in [0, 0.1) is 0 Å². The number of allylic oxidation sites excluding steroid dienone is 2. The number of hydrogen-bond acceptors (Lipinski definition) is 5. The zero-order valence-corrected chi connectivity index (χ0v) is 9.41. The molecule has 6 heteroatoms. The topological polar surface area (TPSA) is 69.6 Å². The Morgan fingerprint density at radius 1 is 1.24 bits per heavy atom. The summed E-state index contributed by atoms with van der Waals surface area (Å²) in [7, 11) is 0. The molecular formula is C11H13N5O. The van der Waals surface area contributed by atoms with Crippen molar-refractivity contribution in [2.45, 2.75) is 32.2 Å². The predicted octanol–water partition coefficient (Wildman–Crippen LogP) is 1.67. The maximum Gasteiger partial charge on any atom is 0.253 e. The lowest BCUT2D eigenvalue weighted by atomic mass is 10.00. The van der Waals surface area contributed by atoms with Crippen LogP contribution in [0.1, 0.15) is 37.4 Å². The lowest BCUT2D eigenvalue weighted by Gasteiger charge is -2.07. The molecule has 0 amide bonds.